The first-order valence-corrected chi connectivity index (χ1v) is 15.6. The highest BCUT2D eigenvalue weighted by atomic mass is 35.5. The molecule has 4 aromatic rings. The third kappa shape index (κ3) is 7.03. The lowest BCUT2D eigenvalue weighted by Crippen LogP contribution is -2.40. The van der Waals surface area contributed by atoms with Crippen LogP contribution in [0.2, 0.25) is 5.02 Å². The molecule has 1 aromatic carbocycles. The number of hydrogen-bond acceptors (Lipinski definition) is 8. The molecule has 1 aliphatic carbocycles. The van der Waals surface area contributed by atoms with Gasteiger partial charge in [-0.3, -0.25) is 18.7 Å². The van der Waals surface area contributed by atoms with E-state index < -0.39 is 22.9 Å². The van der Waals surface area contributed by atoms with Crippen molar-refractivity contribution in [3.05, 3.63) is 55.8 Å². The highest BCUT2D eigenvalue weighted by molar-refractivity contribution is 6.35. The smallest absolute Gasteiger partial charge is 0.407 e. The van der Waals surface area contributed by atoms with Gasteiger partial charge in [0, 0.05) is 47.8 Å². The Kier molecular flexibility index (Phi) is 9.28. The standard InChI is InChI=1S/C31H40ClN7O6/c1-6-44-27(41)18-9-7-10-19(15-18)35-28-36-25-24(38(28)14-13-33-29(42)45-31(2,3)4)26(40)39(30(43)37(25)5)17-20-16-21-22(32)11-8-12-23(21)34-20/h8,11-12,16,18-19,34H,6-7,9-10,13-15,17H2,1-5H3,(H,33,42)(H,35,36). The van der Waals surface area contributed by atoms with Gasteiger partial charge in [-0.15, -0.1) is 0 Å². The van der Waals surface area contributed by atoms with E-state index in [0.29, 0.717) is 29.7 Å². The minimum absolute atomic E-state index is 0.0135. The number of imidazole rings is 1. The second kappa shape index (κ2) is 13.0. The van der Waals surface area contributed by atoms with Crippen molar-refractivity contribution >= 4 is 51.7 Å². The number of aryl methyl sites for hydroxylation is 1. The molecule has 13 nitrogen and oxygen atoms in total. The molecule has 2 atom stereocenters. The Morgan fingerprint density at radius 2 is 1.96 bits per heavy atom. The predicted octanol–water partition coefficient (Wildman–Crippen LogP) is 4.14. The Morgan fingerprint density at radius 3 is 2.67 bits per heavy atom. The first kappa shape index (κ1) is 32.1. The van der Waals surface area contributed by atoms with E-state index in [2.05, 4.69) is 15.6 Å². The van der Waals surface area contributed by atoms with Crippen molar-refractivity contribution in [3.8, 4) is 0 Å². The molecular formula is C31H40ClN7O6. The lowest BCUT2D eigenvalue weighted by Gasteiger charge is -2.29. The van der Waals surface area contributed by atoms with Crippen LogP contribution in [-0.2, 0) is 34.4 Å². The van der Waals surface area contributed by atoms with Crippen LogP contribution >= 0.6 is 11.6 Å². The van der Waals surface area contributed by atoms with Crippen LogP contribution in [0.25, 0.3) is 22.1 Å². The molecule has 0 saturated heterocycles. The zero-order valence-corrected chi connectivity index (χ0v) is 27.0. The Morgan fingerprint density at radius 1 is 1.18 bits per heavy atom. The number of ether oxygens (including phenoxy) is 2. The number of hydrogen-bond donors (Lipinski definition) is 3. The van der Waals surface area contributed by atoms with E-state index in [0.717, 1.165) is 34.7 Å². The summed E-state index contributed by atoms with van der Waals surface area (Å²) in [5.74, 6) is -0.0930. The van der Waals surface area contributed by atoms with E-state index in [9.17, 15) is 19.2 Å². The number of aromatic nitrogens is 5. The highest BCUT2D eigenvalue weighted by Crippen LogP contribution is 2.29. The van der Waals surface area contributed by atoms with Crippen molar-refractivity contribution in [3.63, 3.8) is 0 Å². The molecule has 1 aliphatic rings. The van der Waals surface area contributed by atoms with Crippen LogP contribution in [0.5, 0.6) is 0 Å². The SMILES string of the molecule is CCOC(=O)C1CCCC(Nc2nc3c(c(=O)n(Cc4cc5c(Cl)cccc5[nH]4)c(=O)n3C)n2CCNC(=O)OC(C)(C)C)C1. The Balaban J connectivity index is 1.52. The Labute approximate surface area is 264 Å². The van der Waals surface area contributed by atoms with Crippen LogP contribution in [-0.4, -0.2) is 60.5 Å². The van der Waals surface area contributed by atoms with E-state index in [4.69, 9.17) is 26.1 Å². The first-order chi connectivity index (χ1) is 21.4. The average Bonchev–Trinajstić information content (AvgIpc) is 3.56. The summed E-state index contributed by atoms with van der Waals surface area (Å²) in [5.41, 5.74) is 0.120. The lowest BCUT2D eigenvalue weighted by molar-refractivity contribution is -0.149. The number of esters is 1. The first-order valence-electron chi connectivity index (χ1n) is 15.2. The fraction of sp³-hybridized carbons (Fsp3) is 0.516. The summed E-state index contributed by atoms with van der Waals surface area (Å²) in [6.45, 7) is 7.71. The lowest BCUT2D eigenvalue weighted by atomic mass is 9.86. The number of nitrogens with zero attached hydrogens (tertiary/aromatic N) is 4. The second-order valence-corrected chi connectivity index (χ2v) is 12.8. The topological polar surface area (TPSA) is 154 Å². The minimum Gasteiger partial charge on any atom is -0.466 e. The van der Waals surface area contributed by atoms with Gasteiger partial charge in [-0.05, 0) is 65.2 Å². The molecule has 242 valence electrons. The number of alkyl carbamates (subject to hydrolysis) is 1. The Hall–Kier alpha value is -4.26. The molecule has 0 spiro atoms. The van der Waals surface area contributed by atoms with E-state index >= 15 is 0 Å². The number of nitrogens with one attached hydrogen (secondary N) is 3. The van der Waals surface area contributed by atoms with Gasteiger partial charge in [-0.25, -0.2) is 9.59 Å². The molecule has 5 rings (SSSR count). The molecule has 1 saturated carbocycles. The van der Waals surface area contributed by atoms with Gasteiger partial charge in [-0.2, -0.15) is 4.98 Å². The number of carbonyl (C=O) groups is 2. The van der Waals surface area contributed by atoms with Gasteiger partial charge >= 0.3 is 17.8 Å². The monoisotopic (exact) mass is 641 g/mol. The molecule has 0 radical (unpaired) electrons. The van der Waals surface area contributed by atoms with Crippen molar-refractivity contribution in [2.24, 2.45) is 13.0 Å². The van der Waals surface area contributed by atoms with Gasteiger partial charge in [0.25, 0.3) is 5.56 Å². The van der Waals surface area contributed by atoms with Gasteiger partial charge in [-0.1, -0.05) is 24.1 Å². The molecule has 0 bridgehead atoms. The zero-order valence-electron chi connectivity index (χ0n) is 26.2. The third-order valence-electron chi connectivity index (χ3n) is 7.86. The summed E-state index contributed by atoms with van der Waals surface area (Å²) in [5, 5.41) is 7.51. The van der Waals surface area contributed by atoms with Gasteiger partial charge in [0.15, 0.2) is 11.2 Å². The summed E-state index contributed by atoms with van der Waals surface area (Å²) >= 11 is 6.35. The van der Waals surface area contributed by atoms with E-state index in [1.807, 2.05) is 18.2 Å². The quantitative estimate of drug-likeness (QED) is 0.231. The molecule has 1 amide bonds. The molecule has 3 N–H and O–H groups in total. The molecular weight excluding hydrogens is 602 g/mol. The van der Waals surface area contributed by atoms with Crippen LogP contribution in [0.4, 0.5) is 10.7 Å². The number of halogens is 1. The third-order valence-corrected chi connectivity index (χ3v) is 8.19. The van der Waals surface area contributed by atoms with Crippen LogP contribution in [0, 0.1) is 5.92 Å². The highest BCUT2D eigenvalue weighted by Gasteiger charge is 2.30. The Bertz CT molecular complexity index is 1850. The van der Waals surface area contributed by atoms with Crippen LogP contribution < -0.4 is 21.9 Å². The van der Waals surface area contributed by atoms with E-state index in [-0.39, 0.29) is 48.7 Å². The fourth-order valence-electron chi connectivity index (χ4n) is 5.83. The van der Waals surface area contributed by atoms with Crippen molar-refractivity contribution < 1.29 is 19.1 Å². The fourth-order valence-corrected chi connectivity index (χ4v) is 6.06. The summed E-state index contributed by atoms with van der Waals surface area (Å²) in [7, 11) is 1.57. The van der Waals surface area contributed by atoms with E-state index in [1.54, 1.807) is 45.4 Å². The van der Waals surface area contributed by atoms with Gasteiger partial charge < -0.3 is 29.7 Å². The number of benzene rings is 1. The van der Waals surface area contributed by atoms with Crippen LogP contribution in [0.1, 0.15) is 59.1 Å². The van der Waals surface area contributed by atoms with Gasteiger partial charge in [0.05, 0.1) is 19.1 Å². The maximum absolute atomic E-state index is 14.1. The molecule has 45 heavy (non-hydrogen) atoms. The minimum atomic E-state index is -0.673. The zero-order chi connectivity index (χ0) is 32.5. The van der Waals surface area contributed by atoms with E-state index in [1.165, 1.54) is 4.57 Å². The summed E-state index contributed by atoms with van der Waals surface area (Å²) in [4.78, 5) is 60.4. The average molecular weight is 642 g/mol. The number of fused-ring (bicyclic) bond motifs is 2. The molecule has 14 heteroatoms. The summed E-state index contributed by atoms with van der Waals surface area (Å²) in [6.07, 6.45) is 2.31. The number of amides is 1. The normalized spacial score (nSPS) is 17.0. The number of rotatable bonds is 9. The number of anilines is 1. The van der Waals surface area contributed by atoms with Gasteiger partial charge in [0.2, 0.25) is 5.95 Å². The maximum Gasteiger partial charge on any atom is 0.407 e. The van der Waals surface area contributed by atoms with Crippen molar-refractivity contribution in [1.29, 1.82) is 0 Å². The second-order valence-electron chi connectivity index (χ2n) is 12.4. The number of aromatic amines is 1. The molecule has 3 heterocycles. The molecule has 0 aliphatic heterocycles. The number of H-pyrrole nitrogens is 1. The van der Waals surface area contributed by atoms with Crippen LogP contribution in [0.3, 0.4) is 0 Å². The van der Waals surface area contributed by atoms with Crippen molar-refractivity contribution in [2.75, 3.05) is 18.5 Å². The molecule has 2 unspecified atom stereocenters. The molecule has 3 aromatic heterocycles. The summed E-state index contributed by atoms with van der Waals surface area (Å²) in [6, 6.07) is 7.18. The summed E-state index contributed by atoms with van der Waals surface area (Å²) < 4.78 is 14.8. The van der Waals surface area contributed by atoms with Crippen LogP contribution in [0.15, 0.2) is 33.9 Å². The maximum atomic E-state index is 14.1. The number of carbonyl (C=O) groups excluding carboxylic acids is 2. The predicted molar refractivity (Wildman–Crippen MR) is 172 cm³/mol. The largest absolute Gasteiger partial charge is 0.466 e. The van der Waals surface area contributed by atoms with Gasteiger partial charge in [0.1, 0.15) is 5.60 Å². The van der Waals surface area contributed by atoms with Crippen molar-refractivity contribution in [2.45, 2.75) is 78.1 Å². The molecule has 1 fully saturated rings. The van der Waals surface area contributed by atoms with Crippen molar-refractivity contribution in [1.82, 2.24) is 29.0 Å².